The van der Waals surface area contributed by atoms with Crippen LogP contribution in [0, 0.1) is 5.41 Å². The average Bonchev–Trinajstić information content (AvgIpc) is 2.71. The van der Waals surface area contributed by atoms with Gasteiger partial charge >= 0.3 is 0 Å². The zero-order chi connectivity index (χ0) is 9.97. The summed E-state index contributed by atoms with van der Waals surface area (Å²) in [7, 11) is 0. The number of nitrogens with zero attached hydrogens (tertiary/aromatic N) is 1. The molecule has 2 aromatic rings. The minimum atomic E-state index is 0.601. The lowest BCUT2D eigenvalue weighted by Crippen LogP contribution is -1.94. The molecule has 1 heterocycles. The van der Waals surface area contributed by atoms with Crippen LogP contribution in [0.15, 0.2) is 48.8 Å². The van der Waals surface area contributed by atoms with E-state index in [2.05, 4.69) is 0 Å². The molecule has 0 spiro atoms. The molecule has 1 aromatic carbocycles. The second-order valence-electron chi connectivity index (χ2n) is 3.26. The zero-order valence-corrected chi connectivity index (χ0v) is 8.07. The maximum Gasteiger partial charge on any atom is 0.0449 e. The minimum absolute atomic E-state index is 0.601. The molecule has 2 heteroatoms. The van der Waals surface area contributed by atoms with Gasteiger partial charge in [-0.15, -0.1) is 0 Å². The summed E-state index contributed by atoms with van der Waals surface area (Å²) in [5, 5.41) is 7.47. The van der Waals surface area contributed by atoms with Crippen LogP contribution in [0.4, 0.5) is 0 Å². The highest BCUT2D eigenvalue weighted by Crippen LogP contribution is 2.10. The van der Waals surface area contributed by atoms with E-state index in [1.807, 2.05) is 53.4 Å². The van der Waals surface area contributed by atoms with E-state index in [1.165, 1.54) is 0 Å². The Bertz CT molecular complexity index is 424. The van der Waals surface area contributed by atoms with E-state index in [9.17, 15) is 0 Å². The van der Waals surface area contributed by atoms with Crippen molar-refractivity contribution in [3.63, 3.8) is 0 Å². The number of rotatable bonds is 2. The van der Waals surface area contributed by atoms with Crippen molar-refractivity contribution in [3.8, 4) is 5.69 Å². The molecule has 0 aliphatic carbocycles. The first-order valence-corrected chi connectivity index (χ1v) is 4.56. The van der Waals surface area contributed by atoms with Crippen LogP contribution in [-0.2, 0) is 0 Å². The van der Waals surface area contributed by atoms with E-state index in [0.29, 0.717) is 5.71 Å². The first-order chi connectivity index (χ1) is 6.77. The predicted octanol–water partition coefficient (Wildman–Crippen LogP) is 2.87. The van der Waals surface area contributed by atoms with Crippen molar-refractivity contribution in [2.45, 2.75) is 6.92 Å². The molecule has 0 aliphatic heterocycles. The Kier molecular flexibility index (Phi) is 2.19. The summed E-state index contributed by atoms with van der Waals surface area (Å²) >= 11 is 0. The van der Waals surface area contributed by atoms with E-state index >= 15 is 0 Å². The summed E-state index contributed by atoms with van der Waals surface area (Å²) in [4.78, 5) is 0. The lowest BCUT2D eigenvalue weighted by Gasteiger charge is -2.03. The molecule has 0 unspecified atom stereocenters. The highest BCUT2D eigenvalue weighted by Gasteiger charge is 1.96. The van der Waals surface area contributed by atoms with Gasteiger partial charge in [-0.2, -0.15) is 0 Å². The van der Waals surface area contributed by atoms with E-state index in [1.54, 1.807) is 6.92 Å². The van der Waals surface area contributed by atoms with Crippen LogP contribution < -0.4 is 0 Å². The highest BCUT2D eigenvalue weighted by molar-refractivity contribution is 5.96. The standard InChI is InChI=1S/C12H12N2/c1-10(13)11-4-6-12(7-5-11)14-8-2-3-9-14/h2-9,13H,1H3. The fourth-order valence-electron chi connectivity index (χ4n) is 1.39. The van der Waals surface area contributed by atoms with Crippen molar-refractivity contribution in [2.75, 3.05) is 0 Å². The lowest BCUT2D eigenvalue weighted by atomic mass is 10.1. The molecule has 0 saturated carbocycles. The molecule has 2 nitrogen and oxygen atoms in total. The number of nitrogens with one attached hydrogen (secondary N) is 1. The molecular formula is C12H12N2. The molecule has 0 amide bonds. The number of hydrogen-bond acceptors (Lipinski definition) is 1. The lowest BCUT2D eigenvalue weighted by molar-refractivity contribution is 1.08. The van der Waals surface area contributed by atoms with Crippen LogP contribution in [-0.4, -0.2) is 10.3 Å². The first kappa shape index (κ1) is 8.75. The minimum Gasteiger partial charge on any atom is -0.324 e. The van der Waals surface area contributed by atoms with Gasteiger partial charge in [0.05, 0.1) is 0 Å². The third-order valence-electron chi connectivity index (χ3n) is 2.20. The Labute approximate surface area is 83.3 Å². The fraction of sp³-hybridized carbons (Fsp3) is 0.0833. The van der Waals surface area contributed by atoms with E-state index in [4.69, 9.17) is 5.41 Å². The second kappa shape index (κ2) is 3.50. The van der Waals surface area contributed by atoms with Gasteiger partial charge in [-0.3, -0.25) is 0 Å². The van der Waals surface area contributed by atoms with Crippen LogP contribution in [0.5, 0.6) is 0 Å². The Morgan fingerprint density at radius 1 is 1.07 bits per heavy atom. The maximum atomic E-state index is 7.47. The molecule has 0 saturated heterocycles. The predicted molar refractivity (Wildman–Crippen MR) is 58.3 cm³/mol. The molecule has 0 atom stereocenters. The Morgan fingerprint density at radius 2 is 1.64 bits per heavy atom. The maximum absolute atomic E-state index is 7.47. The quantitative estimate of drug-likeness (QED) is 0.695. The van der Waals surface area contributed by atoms with Crippen LogP contribution in [0.2, 0.25) is 0 Å². The van der Waals surface area contributed by atoms with E-state index in [0.717, 1.165) is 11.3 Å². The summed E-state index contributed by atoms with van der Waals surface area (Å²) in [6.07, 6.45) is 4.01. The smallest absolute Gasteiger partial charge is 0.0449 e. The monoisotopic (exact) mass is 184 g/mol. The number of aromatic nitrogens is 1. The van der Waals surface area contributed by atoms with Gasteiger partial charge in [0.2, 0.25) is 0 Å². The van der Waals surface area contributed by atoms with Gasteiger partial charge in [0, 0.05) is 23.8 Å². The average molecular weight is 184 g/mol. The highest BCUT2D eigenvalue weighted by atomic mass is 14.9. The van der Waals surface area contributed by atoms with Crippen molar-refractivity contribution >= 4 is 5.71 Å². The third-order valence-corrected chi connectivity index (χ3v) is 2.20. The SMILES string of the molecule is CC(=N)c1ccc(-n2cccc2)cc1. The molecule has 1 aromatic heterocycles. The normalized spacial score (nSPS) is 10.1. The van der Waals surface area contributed by atoms with Crippen molar-refractivity contribution in [3.05, 3.63) is 54.4 Å². The molecule has 0 aliphatic rings. The number of benzene rings is 1. The molecule has 0 bridgehead atoms. The van der Waals surface area contributed by atoms with E-state index in [-0.39, 0.29) is 0 Å². The van der Waals surface area contributed by atoms with Gasteiger partial charge in [-0.25, -0.2) is 0 Å². The molecule has 0 fully saturated rings. The summed E-state index contributed by atoms with van der Waals surface area (Å²) < 4.78 is 2.04. The van der Waals surface area contributed by atoms with Gasteiger partial charge in [-0.1, -0.05) is 12.1 Å². The van der Waals surface area contributed by atoms with Gasteiger partial charge in [0.15, 0.2) is 0 Å². The summed E-state index contributed by atoms with van der Waals surface area (Å²) in [6.45, 7) is 1.80. The van der Waals surface area contributed by atoms with Gasteiger partial charge in [-0.05, 0) is 36.8 Å². The van der Waals surface area contributed by atoms with Crippen LogP contribution >= 0.6 is 0 Å². The Balaban J connectivity index is 2.36. The fourth-order valence-corrected chi connectivity index (χ4v) is 1.39. The van der Waals surface area contributed by atoms with Crippen LogP contribution in [0.25, 0.3) is 5.69 Å². The molecular weight excluding hydrogens is 172 g/mol. The van der Waals surface area contributed by atoms with Crippen molar-refractivity contribution in [2.24, 2.45) is 0 Å². The van der Waals surface area contributed by atoms with Gasteiger partial charge < -0.3 is 9.98 Å². The summed E-state index contributed by atoms with van der Waals surface area (Å²) in [5.41, 5.74) is 2.70. The zero-order valence-electron chi connectivity index (χ0n) is 8.07. The number of hydrogen-bond donors (Lipinski definition) is 1. The molecule has 70 valence electrons. The van der Waals surface area contributed by atoms with Crippen molar-refractivity contribution in [1.82, 2.24) is 4.57 Å². The molecule has 1 N–H and O–H groups in total. The van der Waals surface area contributed by atoms with Gasteiger partial charge in [0.25, 0.3) is 0 Å². The van der Waals surface area contributed by atoms with Crippen LogP contribution in [0.3, 0.4) is 0 Å². The van der Waals surface area contributed by atoms with Crippen molar-refractivity contribution in [1.29, 1.82) is 5.41 Å². The Morgan fingerprint density at radius 3 is 2.14 bits per heavy atom. The van der Waals surface area contributed by atoms with E-state index < -0.39 is 0 Å². The first-order valence-electron chi connectivity index (χ1n) is 4.56. The Hall–Kier alpha value is -1.83. The topological polar surface area (TPSA) is 28.8 Å². The second-order valence-corrected chi connectivity index (χ2v) is 3.26. The molecule has 0 radical (unpaired) electrons. The summed E-state index contributed by atoms with van der Waals surface area (Å²) in [5.74, 6) is 0. The molecule has 2 rings (SSSR count). The summed E-state index contributed by atoms with van der Waals surface area (Å²) in [6, 6.07) is 12.0. The molecule has 14 heavy (non-hydrogen) atoms. The van der Waals surface area contributed by atoms with Crippen LogP contribution in [0.1, 0.15) is 12.5 Å². The third kappa shape index (κ3) is 1.59. The van der Waals surface area contributed by atoms with Gasteiger partial charge in [0.1, 0.15) is 0 Å². The van der Waals surface area contributed by atoms with Crippen molar-refractivity contribution < 1.29 is 0 Å². The largest absolute Gasteiger partial charge is 0.324 e.